The van der Waals surface area contributed by atoms with Gasteiger partial charge in [-0.2, -0.15) is 0 Å². The van der Waals surface area contributed by atoms with Crippen LogP contribution in [0.1, 0.15) is 119 Å². The molecule has 202 valence electrons. The molecule has 0 radical (unpaired) electrons. The largest absolute Gasteiger partial charge is 0.393 e. The highest BCUT2D eigenvalue weighted by molar-refractivity contribution is 5.31. The summed E-state index contributed by atoms with van der Waals surface area (Å²) in [6, 6.07) is 0. The van der Waals surface area contributed by atoms with E-state index in [1.54, 1.807) is 0 Å². The number of ether oxygens (including phenoxy) is 1. The average Bonchev–Trinajstić information content (AvgIpc) is 3.28. The number of hydrogen-bond acceptors (Lipinski definition) is 3. The van der Waals surface area contributed by atoms with E-state index in [-0.39, 0.29) is 22.7 Å². The summed E-state index contributed by atoms with van der Waals surface area (Å²) in [7, 11) is 0. The summed E-state index contributed by atoms with van der Waals surface area (Å²) in [6.07, 6.45) is 14.0. The molecule has 3 heteroatoms. The summed E-state index contributed by atoms with van der Waals surface area (Å²) >= 11 is 0. The van der Waals surface area contributed by atoms with Crippen molar-refractivity contribution in [1.82, 2.24) is 4.90 Å². The molecule has 1 saturated heterocycles. The Bertz CT molecular complexity index is 765. The Kier molecular flexibility index (Phi) is 7.01. The fourth-order valence-electron chi connectivity index (χ4n) is 11.0. The first-order valence-corrected chi connectivity index (χ1v) is 15.7. The Labute approximate surface area is 217 Å². The summed E-state index contributed by atoms with van der Waals surface area (Å²) in [4.78, 5) is 2.60. The van der Waals surface area contributed by atoms with Gasteiger partial charge in [-0.25, -0.2) is 0 Å². The molecule has 5 fully saturated rings. The third-order valence-electron chi connectivity index (χ3n) is 12.9. The Morgan fingerprint density at radius 2 is 1.66 bits per heavy atom. The number of aliphatic hydroxyl groups excluding tert-OH is 1. The van der Waals surface area contributed by atoms with E-state index < -0.39 is 0 Å². The zero-order valence-electron chi connectivity index (χ0n) is 24.2. The van der Waals surface area contributed by atoms with Crippen molar-refractivity contribution in [1.29, 1.82) is 0 Å². The van der Waals surface area contributed by atoms with Gasteiger partial charge in [-0.3, -0.25) is 0 Å². The molecule has 3 unspecified atom stereocenters. The van der Waals surface area contributed by atoms with Gasteiger partial charge in [0.1, 0.15) is 11.2 Å². The van der Waals surface area contributed by atoms with Crippen molar-refractivity contribution in [2.75, 3.05) is 19.6 Å². The van der Waals surface area contributed by atoms with Crippen LogP contribution in [-0.4, -0.2) is 46.9 Å². The molecule has 1 spiro atoms. The number of rotatable bonds is 9. The molecule has 1 aliphatic heterocycles. The minimum absolute atomic E-state index is 0.0183. The second-order valence-corrected chi connectivity index (χ2v) is 14.8. The summed E-state index contributed by atoms with van der Waals surface area (Å²) in [5, 5.41) is 10.8. The van der Waals surface area contributed by atoms with Gasteiger partial charge in [0.15, 0.2) is 0 Å². The number of hydrogen-bond donors (Lipinski definition) is 1. The summed E-state index contributed by atoms with van der Waals surface area (Å²) in [5.41, 5.74) is 0.672. The quantitative estimate of drug-likeness (QED) is 0.346. The molecule has 0 aromatic carbocycles. The monoisotopic (exact) mass is 487 g/mol. The maximum Gasteiger partial charge on any atom is 0.112 e. The second kappa shape index (κ2) is 9.26. The molecule has 4 aliphatic carbocycles. The van der Waals surface area contributed by atoms with Crippen LogP contribution in [-0.2, 0) is 4.74 Å². The molecular formula is C32H57NO2. The Morgan fingerprint density at radius 1 is 0.914 bits per heavy atom. The highest BCUT2D eigenvalue weighted by atomic mass is 16.6. The van der Waals surface area contributed by atoms with E-state index in [4.69, 9.17) is 4.74 Å². The van der Waals surface area contributed by atoms with Gasteiger partial charge in [0.05, 0.1) is 6.10 Å². The van der Waals surface area contributed by atoms with E-state index in [1.165, 1.54) is 51.4 Å². The number of aliphatic hydroxyl groups is 1. The lowest BCUT2D eigenvalue weighted by Gasteiger charge is -2.61. The van der Waals surface area contributed by atoms with Crippen LogP contribution >= 0.6 is 0 Å². The molecule has 1 N–H and O–H groups in total. The van der Waals surface area contributed by atoms with Gasteiger partial charge < -0.3 is 14.7 Å². The molecule has 5 rings (SSSR count). The molecule has 10 atom stereocenters. The standard InChI is InChI=1S/C32H57NO2/c1-8-33(9-2)21-31-20-25-27-14-13-26(23(5)12-10-11-22(3)4)29(27,6)17-16-28(25)30(7)18-15-24(34)19-32(30,31)35-31/h22-28,34H,8-21H2,1-7H3/t23-,24?,25+,26-,27+,28+,29-,30-,31?,32?/m1/s1. The van der Waals surface area contributed by atoms with Crippen molar-refractivity contribution in [2.24, 2.45) is 46.3 Å². The van der Waals surface area contributed by atoms with Gasteiger partial charge in [-0.05, 0) is 99.0 Å². The summed E-state index contributed by atoms with van der Waals surface area (Å²) in [5.74, 6) is 5.08. The minimum atomic E-state index is -0.172. The Morgan fingerprint density at radius 3 is 2.34 bits per heavy atom. The molecular weight excluding hydrogens is 430 g/mol. The normalized spacial score (nSPS) is 49.4. The number of likely N-dealkylation sites (N-methyl/N-ethyl adjacent to an activating group) is 1. The topological polar surface area (TPSA) is 36.0 Å². The van der Waals surface area contributed by atoms with Gasteiger partial charge in [0, 0.05) is 18.4 Å². The van der Waals surface area contributed by atoms with E-state index in [2.05, 4.69) is 53.4 Å². The summed E-state index contributed by atoms with van der Waals surface area (Å²) in [6.45, 7) is 20.5. The molecule has 4 saturated carbocycles. The van der Waals surface area contributed by atoms with Crippen molar-refractivity contribution in [2.45, 2.75) is 136 Å². The van der Waals surface area contributed by atoms with Crippen LogP contribution in [0.3, 0.4) is 0 Å². The smallest absolute Gasteiger partial charge is 0.112 e. The van der Waals surface area contributed by atoms with Gasteiger partial charge in [0.25, 0.3) is 0 Å². The van der Waals surface area contributed by atoms with Crippen LogP contribution in [0.4, 0.5) is 0 Å². The molecule has 35 heavy (non-hydrogen) atoms. The maximum atomic E-state index is 10.8. The first kappa shape index (κ1) is 26.5. The molecule has 0 aromatic rings. The highest BCUT2D eigenvalue weighted by Gasteiger charge is 2.83. The predicted octanol–water partition coefficient (Wildman–Crippen LogP) is 7.31. The highest BCUT2D eigenvalue weighted by Crippen LogP contribution is 2.78. The van der Waals surface area contributed by atoms with Gasteiger partial charge in [-0.1, -0.05) is 67.7 Å². The first-order valence-electron chi connectivity index (χ1n) is 15.7. The van der Waals surface area contributed by atoms with E-state index in [1.807, 2.05) is 0 Å². The van der Waals surface area contributed by atoms with Crippen molar-refractivity contribution < 1.29 is 9.84 Å². The van der Waals surface area contributed by atoms with Crippen molar-refractivity contribution in [3.8, 4) is 0 Å². The molecule has 3 nitrogen and oxygen atoms in total. The predicted molar refractivity (Wildman–Crippen MR) is 145 cm³/mol. The fourth-order valence-corrected chi connectivity index (χ4v) is 11.0. The number of fused-ring (bicyclic) bond motifs is 4. The van der Waals surface area contributed by atoms with Gasteiger partial charge in [0.2, 0.25) is 0 Å². The third-order valence-corrected chi connectivity index (χ3v) is 12.9. The number of epoxide rings is 1. The van der Waals surface area contributed by atoms with E-state index in [0.717, 1.165) is 74.4 Å². The zero-order valence-corrected chi connectivity index (χ0v) is 24.2. The van der Waals surface area contributed by atoms with Crippen molar-refractivity contribution in [3.63, 3.8) is 0 Å². The molecule has 0 aromatic heterocycles. The van der Waals surface area contributed by atoms with Crippen LogP contribution in [0.5, 0.6) is 0 Å². The number of nitrogens with zero attached hydrogens (tertiary/aromatic N) is 1. The third kappa shape index (κ3) is 3.91. The zero-order chi connectivity index (χ0) is 25.2. The maximum absolute atomic E-state index is 10.8. The fraction of sp³-hybridized carbons (Fsp3) is 1.00. The van der Waals surface area contributed by atoms with Gasteiger partial charge >= 0.3 is 0 Å². The lowest BCUT2D eigenvalue weighted by molar-refractivity contribution is -0.124. The van der Waals surface area contributed by atoms with Crippen LogP contribution in [0.25, 0.3) is 0 Å². The Hall–Kier alpha value is -0.120. The summed E-state index contributed by atoms with van der Waals surface area (Å²) < 4.78 is 7.09. The molecule has 0 bridgehead atoms. The molecule has 1 heterocycles. The lowest BCUT2D eigenvalue weighted by atomic mass is 9.42. The van der Waals surface area contributed by atoms with E-state index in [0.29, 0.717) is 5.41 Å². The van der Waals surface area contributed by atoms with Gasteiger partial charge in [-0.15, -0.1) is 0 Å². The van der Waals surface area contributed by atoms with Crippen LogP contribution in [0.2, 0.25) is 0 Å². The van der Waals surface area contributed by atoms with E-state index in [9.17, 15) is 5.11 Å². The minimum Gasteiger partial charge on any atom is -0.393 e. The first-order chi connectivity index (χ1) is 16.6. The Balaban J connectivity index is 1.41. The lowest BCUT2D eigenvalue weighted by Crippen LogP contribution is -2.62. The molecule has 0 amide bonds. The second-order valence-electron chi connectivity index (χ2n) is 14.8. The van der Waals surface area contributed by atoms with Crippen molar-refractivity contribution >= 4 is 0 Å². The van der Waals surface area contributed by atoms with Crippen LogP contribution in [0, 0.1) is 46.3 Å². The average molecular weight is 488 g/mol. The van der Waals surface area contributed by atoms with Crippen LogP contribution < -0.4 is 0 Å². The van der Waals surface area contributed by atoms with E-state index >= 15 is 0 Å². The van der Waals surface area contributed by atoms with Crippen molar-refractivity contribution in [3.05, 3.63) is 0 Å². The molecule has 5 aliphatic rings. The van der Waals surface area contributed by atoms with Crippen LogP contribution in [0.15, 0.2) is 0 Å². The SMILES string of the molecule is CCN(CC)CC12C[C@H]3[C@@H]4CC[C@H]([C@H](C)CCCC(C)C)[C@@]4(C)CC[C@@H]3[C@@]3(C)CCC(O)CC13O2.